The summed E-state index contributed by atoms with van der Waals surface area (Å²) >= 11 is 1.74. The predicted octanol–water partition coefficient (Wildman–Crippen LogP) is 2.93. The lowest BCUT2D eigenvalue weighted by atomic mass is 10.1. The van der Waals surface area contributed by atoms with Gasteiger partial charge in [0.2, 0.25) is 0 Å². The maximum atomic E-state index is 11.9. The van der Waals surface area contributed by atoms with Crippen LogP contribution in [0.2, 0.25) is 0 Å². The first kappa shape index (κ1) is 11.4. The molecule has 0 bridgehead atoms. The van der Waals surface area contributed by atoms with E-state index in [-0.39, 0.29) is 5.91 Å². The Bertz CT molecular complexity index is 395. The van der Waals surface area contributed by atoms with Crippen LogP contribution in [0.1, 0.15) is 40.1 Å². The zero-order valence-electron chi connectivity index (χ0n) is 9.42. The fraction of sp³-hybridized carbons (Fsp3) is 0.462. The molecule has 1 aliphatic carbocycles. The second kappa shape index (κ2) is 5.30. The first-order valence-corrected chi connectivity index (χ1v) is 6.69. The average Bonchev–Trinajstić information content (AvgIpc) is 2.55. The van der Waals surface area contributed by atoms with Crippen molar-refractivity contribution in [3.8, 4) is 0 Å². The third-order valence-corrected chi connectivity index (χ3v) is 4.05. The topological polar surface area (TPSA) is 29.1 Å². The molecule has 1 amide bonds. The van der Waals surface area contributed by atoms with Gasteiger partial charge in [0.1, 0.15) is 0 Å². The van der Waals surface area contributed by atoms with Gasteiger partial charge < -0.3 is 5.32 Å². The largest absolute Gasteiger partial charge is 0.349 e. The lowest BCUT2D eigenvalue weighted by Crippen LogP contribution is -2.23. The number of nitrogens with one attached hydrogen (secondary N) is 1. The molecule has 1 aromatic rings. The number of rotatable bonds is 3. The van der Waals surface area contributed by atoms with Crippen molar-refractivity contribution in [2.24, 2.45) is 0 Å². The van der Waals surface area contributed by atoms with Gasteiger partial charge >= 0.3 is 0 Å². The van der Waals surface area contributed by atoms with Crippen molar-refractivity contribution < 1.29 is 4.79 Å². The number of carbonyl (C=O) groups excluding carboxylic acids is 1. The normalized spacial score (nSPS) is 15.0. The second-order valence-electron chi connectivity index (χ2n) is 4.11. The summed E-state index contributed by atoms with van der Waals surface area (Å²) < 4.78 is 0. The zero-order valence-corrected chi connectivity index (χ0v) is 10.2. The molecule has 1 aliphatic rings. The van der Waals surface area contributed by atoms with E-state index in [1.165, 1.54) is 29.7 Å². The van der Waals surface area contributed by atoms with E-state index in [4.69, 9.17) is 0 Å². The first-order chi connectivity index (χ1) is 7.83. The summed E-state index contributed by atoms with van der Waals surface area (Å²) in [7, 11) is 0. The van der Waals surface area contributed by atoms with Crippen LogP contribution in [0, 0.1) is 0 Å². The Kier molecular flexibility index (Phi) is 3.78. The molecule has 0 radical (unpaired) electrons. The molecule has 16 heavy (non-hydrogen) atoms. The highest BCUT2D eigenvalue weighted by atomic mass is 32.1. The van der Waals surface area contributed by atoms with Crippen molar-refractivity contribution >= 4 is 17.2 Å². The van der Waals surface area contributed by atoms with Gasteiger partial charge in [-0.1, -0.05) is 12.5 Å². The van der Waals surface area contributed by atoms with E-state index in [1.54, 1.807) is 17.4 Å². The van der Waals surface area contributed by atoms with Crippen LogP contribution < -0.4 is 5.32 Å². The number of fused-ring (bicyclic) bond motifs is 1. The van der Waals surface area contributed by atoms with Gasteiger partial charge in [-0.15, -0.1) is 17.9 Å². The van der Waals surface area contributed by atoms with Crippen LogP contribution in [0.25, 0.3) is 0 Å². The van der Waals surface area contributed by atoms with Crippen LogP contribution in [-0.4, -0.2) is 12.5 Å². The molecule has 1 N–H and O–H groups in total. The van der Waals surface area contributed by atoms with Crippen molar-refractivity contribution in [2.45, 2.75) is 32.1 Å². The molecule has 86 valence electrons. The van der Waals surface area contributed by atoms with E-state index in [9.17, 15) is 4.79 Å². The molecule has 3 heteroatoms. The molecule has 0 fully saturated rings. The van der Waals surface area contributed by atoms with E-state index >= 15 is 0 Å². The van der Waals surface area contributed by atoms with Gasteiger partial charge in [0.05, 0.1) is 5.56 Å². The van der Waals surface area contributed by atoms with Crippen molar-refractivity contribution in [2.75, 3.05) is 6.54 Å². The van der Waals surface area contributed by atoms with Gasteiger partial charge in [0.25, 0.3) is 5.91 Å². The van der Waals surface area contributed by atoms with Gasteiger partial charge in [-0.2, -0.15) is 0 Å². The summed E-state index contributed by atoms with van der Waals surface area (Å²) in [5, 5.41) is 4.86. The quantitative estimate of drug-likeness (QED) is 0.633. The van der Waals surface area contributed by atoms with E-state index < -0.39 is 0 Å². The molecule has 2 rings (SSSR count). The highest BCUT2D eigenvalue weighted by Crippen LogP contribution is 2.29. The Hall–Kier alpha value is -1.09. The van der Waals surface area contributed by atoms with Crippen LogP contribution in [0.5, 0.6) is 0 Å². The average molecular weight is 235 g/mol. The Labute approximate surface area is 100 Å². The maximum Gasteiger partial charge on any atom is 0.252 e. The highest BCUT2D eigenvalue weighted by Gasteiger charge is 2.18. The summed E-state index contributed by atoms with van der Waals surface area (Å²) in [4.78, 5) is 13.3. The number of amides is 1. The van der Waals surface area contributed by atoms with Crippen LogP contribution >= 0.6 is 11.3 Å². The van der Waals surface area contributed by atoms with E-state index in [2.05, 4.69) is 11.9 Å². The maximum absolute atomic E-state index is 11.9. The SMILES string of the molecule is C=CCNC(=O)c1csc2c1CCCCC2. The number of carbonyl (C=O) groups is 1. The molecular weight excluding hydrogens is 218 g/mol. The molecule has 0 aromatic carbocycles. The second-order valence-corrected chi connectivity index (χ2v) is 5.07. The Balaban J connectivity index is 2.18. The predicted molar refractivity (Wildman–Crippen MR) is 68.1 cm³/mol. The molecule has 0 aliphatic heterocycles. The monoisotopic (exact) mass is 235 g/mol. The van der Waals surface area contributed by atoms with E-state index in [0.717, 1.165) is 18.4 Å². The molecule has 0 saturated heterocycles. The molecule has 0 atom stereocenters. The lowest BCUT2D eigenvalue weighted by Gasteiger charge is -2.04. The van der Waals surface area contributed by atoms with E-state index in [0.29, 0.717) is 6.54 Å². The van der Waals surface area contributed by atoms with Gasteiger partial charge in [0.15, 0.2) is 0 Å². The minimum absolute atomic E-state index is 0.0549. The van der Waals surface area contributed by atoms with Gasteiger partial charge in [0, 0.05) is 16.8 Å². The molecule has 0 spiro atoms. The molecule has 1 heterocycles. The summed E-state index contributed by atoms with van der Waals surface area (Å²) in [6.45, 7) is 4.15. The molecule has 2 nitrogen and oxygen atoms in total. The highest BCUT2D eigenvalue weighted by molar-refractivity contribution is 7.10. The first-order valence-electron chi connectivity index (χ1n) is 5.81. The molecule has 0 saturated carbocycles. The van der Waals surface area contributed by atoms with Crippen molar-refractivity contribution in [1.29, 1.82) is 0 Å². The van der Waals surface area contributed by atoms with Crippen LogP contribution in [-0.2, 0) is 12.8 Å². The number of hydrogen-bond donors (Lipinski definition) is 1. The van der Waals surface area contributed by atoms with Gasteiger partial charge in [-0.05, 0) is 31.2 Å². The standard InChI is InChI=1S/C13H17NOS/c1-2-8-14-13(15)11-9-16-12-7-5-3-4-6-10(11)12/h2,9H,1,3-8H2,(H,14,15). The van der Waals surface area contributed by atoms with Gasteiger partial charge in [-0.3, -0.25) is 4.79 Å². The van der Waals surface area contributed by atoms with Crippen LogP contribution in [0.15, 0.2) is 18.0 Å². The van der Waals surface area contributed by atoms with E-state index in [1.807, 2.05) is 5.38 Å². The lowest BCUT2D eigenvalue weighted by molar-refractivity contribution is 0.0957. The van der Waals surface area contributed by atoms with Crippen molar-refractivity contribution in [3.05, 3.63) is 34.0 Å². The Morgan fingerprint density at radius 1 is 1.44 bits per heavy atom. The fourth-order valence-corrected chi connectivity index (χ4v) is 3.25. The summed E-state index contributed by atoms with van der Waals surface area (Å²) in [5.41, 5.74) is 2.19. The number of thiophene rings is 1. The summed E-state index contributed by atoms with van der Waals surface area (Å²) in [6, 6.07) is 0. The zero-order chi connectivity index (χ0) is 11.4. The molecular formula is C13H17NOS. The van der Waals surface area contributed by atoms with Gasteiger partial charge in [-0.25, -0.2) is 0 Å². The van der Waals surface area contributed by atoms with Crippen molar-refractivity contribution in [1.82, 2.24) is 5.32 Å². The van der Waals surface area contributed by atoms with Crippen LogP contribution in [0.4, 0.5) is 0 Å². The third-order valence-electron chi connectivity index (χ3n) is 2.96. The number of aryl methyl sites for hydroxylation is 1. The number of hydrogen-bond acceptors (Lipinski definition) is 2. The molecule has 0 unspecified atom stereocenters. The fourth-order valence-electron chi connectivity index (χ4n) is 2.12. The van der Waals surface area contributed by atoms with Crippen molar-refractivity contribution in [3.63, 3.8) is 0 Å². The smallest absolute Gasteiger partial charge is 0.252 e. The Morgan fingerprint density at radius 3 is 3.06 bits per heavy atom. The third kappa shape index (κ3) is 2.35. The minimum Gasteiger partial charge on any atom is -0.349 e. The summed E-state index contributed by atoms with van der Waals surface area (Å²) in [5.74, 6) is 0.0549. The van der Waals surface area contributed by atoms with Crippen LogP contribution in [0.3, 0.4) is 0 Å². The minimum atomic E-state index is 0.0549. The molecule has 1 aromatic heterocycles. The summed E-state index contributed by atoms with van der Waals surface area (Å²) in [6.07, 6.45) is 7.69. The Morgan fingerprint density at radius 2 is 2.25 bits per heavy atom.